The number of alkyl halides is 3. The van der Waals surface area contributed by atoms with Crippen LogP contribution < -0.4 is 0 Å². The van der Waals surface area contributed by atoms with Crippen LogP contribution in [0.1, 0.15) is 29.7 Å². The molecule has 36 heavy (non-hydrogen) atoms. The van der Waals surface area contributed by atoms with Gasteiger partial charge in [0.15, 0.2) is 5.65 Å². The lowest BCUT2D eigenvalue weighted by Crippen LogP contribution is -2.11. The fraction of sp³-hybridized carbons (Fsp3) is 0.148. The number of hydrogen-bond acceptors (Lipinski definition) is 3. The standard InChI is InChI=1S/C27H19ClF4N4/c1-2-23-17(9-12-24(33-23)27(30,31)32)13-25-34-35-26-14-20(16-7-10-18(28)11-8-16)21(15-36(25)26)19-5-3-4-6-22(19)29/h3-12,14-15H,2,13H2,1H3. The van der Waals surface area contributed by atoms with Crippen molar-refractivity contribution in [1.82, 2.24) is 19.6 Å². The first-order chi connectivity index (χ1) is 17.2. The highest BCUT2D eigenvalue weighted by Crippen LogP contribution is 2.35. The second-order valence-electron chi connectivity index (χ2n) is 8.26. The van der Waals surface area contributed by atoms with Crippen molar-refractivity contribution in [1.29, 1.82) is 0 Å². The number of pyridine rings is 2. The van der Waals surface area contributed by atoms with Crippen LogP contribution in [0.2, 0.25) is 5.02 Å². The molecule has 3 heterocycles. The molecule has 0 aliphatic heterocycles. The second-order valence-corrected chi connectivity index (χ2v) is 8.70. The Hall–Kier alpha value is -3.78. The summed E-state index contributed by atoms with van der Waals surface area (Å²) in [7, 11) is 0. The van der Waals surface area contributed by atoms with Crippen molar-refractivity contribution in [2.75, 3.05) is 0 Å². The third-order valence-corrected chi connectivity index (χ3v) is 6.23. The fourth-order valence-corrected chi connectivity index (χ4v) is 4.32. The van der Waals surface area contributed by atoms with Gasteiger partial charge in [-0.05, 0) is 53.4 Å². The van der Waals surface area contributed by atoms with Crippen molar-refractivity contribution < 1.29 is 17.6 Å². The van der Waals surface area contributed by atoms with Gasteiger partial charge < -0.3 is 0 Å². The minimum atomic E-state index is -4.52. The minimum Gasteiger partial charge on any atom is -0.285 e. The highest BCUT2D eigenvalue weighted by molar-refractivity contribution is 6.30. The molecule has 0 N–H and O–H groups in total. The summed E-state index contributed by atoms with van der Waals surface area (Å²) in [5, 5.41) is 9.15. The molecule has 2 aromatic carbocycles. The van der Waals surface area contributed by atoms with Gasteiger partial charge in [0.1, 0.15) is 17.3 Å². The summed E-state index contributed by atoms with van der Waals surface area (Å²) < 4.78 is 56.0. The molecular formula is C27H19ClF4N4. The minimum absolute atomic E-state index is 0.215. The zero-order valence-corrected chi connectivity index (χ0v) is 19.8. The van der Waals surface area contributed by atoms with E-state index in [0.717, 1.165) is 17.2 Å². The molecular weight excluding hydrogens is 492 g/mol. The smallest absolute Gasteiger partial charge is 0.285 e. The van der Waals surface area contributed by atoms with Gasteiger partial charge >= 0.3 is 6.18 Å². The molecule has 0 bridgehead atoms. The molecule has 0 aliphatic rings. The Morgan fingerprint density at radius 2 is 1.64 bits per heavy atom. The lowest BCUT2D eigenvalue weighted by Gasteiger charge is -2.14. The van der Waals surface area contributed by atoms with Crippen LogP contribution in [0.4, 0.5) is 17.6 Å². The number of fused-ring (bicyclic) bond motifs is 1. The van der Waals surface area contributed by atoms with Crippen LogP contribution in [0.3, 0.4) is 0 Å². The Morgan fingerprint density at radius 3 is 2.33 bits per heavy atom. The lowest BCUT2D eigenvalue weighted by atomic mass is 9.96. The monoisotopic (exact) mass is 510 g/mol. The maximum absolute atomic E-state index is 14.9. The van der Waals surface area contributed by atoms with Crippen molar-refractivity contribution in [2.24, 2.45) is 0 Å². The first kappa shape index (κ1) is 23.9. The lowest BCUT2D eigenvalue weighted by molar-refractivity contribution is -0.141. The molecule has 0 fully saturated rings. The molecule has 3 aromatic heterocycles. The number of nitrogens with zero attached hydrogens (tertiary/aromatic N) is 4. The predicted octanol–water partition coefficient (Wildman–Crippen LogP) is 7.42. The van der Waals surface area contributed by atoms with E-state index in [4.69, 9.17) is 11.6 Å². The Morgan fingerprint density at radius 1 is 0.889 bits per heavy atom. The molecule has 0 amide bonds. The summed E-state index contributed by atoms with van der Waals surface area (Å²) >= 11 is 6.06. The van der Waals surface area contributed by atoms with E-state index in [1.54, 1.807) is 47.9 Å². The molecule has 0 atom stereocenters. The fourth-order valence-electron chi connectivity index (χ4n) is 4.19. The van der Waals surface area contributed by atoms with E-state index < -0.39 is 11.9 Å². The van der Waals surface area contributed by atoms with Crippen molar-refractivity contribution >= 4 is 17.2 Å². The van der Waals surface area contributed by atoms with Crippen LogP contribution >= 0.6 is 11.6 Å². The molecule has 182 valence electrons. The Labute approximate surface area is 209 Å². The topological polar surface area (TPSA) is 43.1 Å². The van der Waals surface area contributed by atoms with Gasteiger partial charge in [0, 0.05) is 34.5 Å². The summed E-state index contributed by atoms with van der Waals surface area (Å²) in [6.45, 7) is 1.75. The number of benzene rings is 2. The summed E-state index contributed by atoms with van der Waals surface area (Å²) in [6, 6.07) is 17.9. The average Bonchev–Trinajstić information content (AvgIpc) is 3.25. The van der Waals surface area contributed by atoms with E-state index in [2.05, 4.69) is 15.2 Å². The molecule has 0 saturated heterocycles. The first-order valence-electron chi connectivity index (χ1n) is 11.2. The summed E-state index contributed by atoms with van der Waals surface area (Å²) in [6.07, 6.45) is -2.21. The Bertz CT molecular complexity index is 1560. The van der Waals surface area contributed by atoms with Crippen LogP contribution in [0.5, 0.6) is 0 Å². The highest BCUT2D eigenvalue weighted by atomic mass is 35.5. The molecule has 0 radical (unpaired) electrons. The number of hydrogen-bond donors (Lipinski definition) is 0. The predicted molar refractivity (Wildman–Crippen MR) is 130 cm³/mol. The zero-order valence-electron chi connectivity index (χ0n) is 19.0. The molecule has 0 spiro atoms. The summed E-state index contributed by atoms with van der Waals surface area (Å²) in [5.74, 6) is 0.114. The molecule has 5 rings (SSSR count). The Kier molecular flexibility index (Phi) is 6.22. The van der Waals surface area contributed by atoms with Crippen molar-refractivity contribution in [3.63, 3.8) is 0 Å². The normalized spacial score (nSPS) is 11.8. The van der Waals surface area contributed by atoms with Crippen molar-refractivity contribution in [3.05, 3.63) is 107 Å². The van der Waals surface area contributed by atoms with E-state index >= 15 is 0 Å². The number of rotatable bonds is 5. The van der Waals surface area contributed by atoms with E-state index in [9.17, 15) is 17.6 Å². The van der Waals surface area contributed by atoms with Crippen molar-refractivity contribution in [3.8, 4) is 22.3 Å². The first-order valence-corrected chi connectivity index (χ1v) is 11.6. The van der Waals surface area contributed by atoms with E-state index in [1.165, 1.54) is 12.1 Å². The highest BCUT2D eigenvalue weighted by Gasteiger charge is 2.33. The molecule has 0 saturated carbocycles. The number of aryl methyl sites for hydroxylation is 1. The second kappa shape index (κ2) is 9.35. The maximum atomic E-state index is 14.9. The van der Waals surface area contributed by atoms with Crippen LogP contribution in [0.15, 0.2) is 72.9 Å². The maximum Gasteiger partial charge on any atom is 0.433 e. The van der Waals surface area contributed by atoms with Gasteiger partial charge in [-0.15, -0.1) is 10.2 Å². The summed E-state index contributed by atoms with van der Waals surface area (Å²) in [4.78, 5) is 3.82. The largest absolute Gasteiger partial charge is 0.433 e. The average molecular weight is 511 g/mol. The van der Waals surface area contributed by atoms with Gasteiger partial charge in [0.05, 0.1) is 0 Å². The van der Waals surface area contributed by atoms with E-state index in [0.29, 0.717) is 45.3 Å². The van der Waals surface area contributed by atoms with Gasteiger partial charge in [-0.2, -0.15) is 13.2 Å². The van der Waals surface area contributed by atoms with Gasteiger partial charge in [0.2, 0.25) is 0 Å². The molecule has 5 aromatic rings. The molecule has 9 heteroatoms. The SMILES string of the molecule is CCc1nc(C(F)(F)F)ccc1Cc1nnc2cc(-c3ccc(Cl)cc3)c(-c3ccccc3F)cn12. The summed E-state index contributed by atoms with van der Waals surface area (Å²) in [5.41, 5.74) is 3.14. The third kappa shape index (κ3) is 4.56. The van der Waals surface area contributed by atoms with Crippen LogP contribution in [0.25, 0.3) is 27.9 Å². The number of halogens is 5. The number of aromatic nitrogens is 4. The molecule has 4 nitrogen and oxygen atoms in total. The quantitative estimate of drug-likeness (QED) is 0.231. The van der Waals surface area contributed by atoms with Crippen LogP contribution in [-0.2, 0) is 19.0 Å². The van der Waals surface area contributed by atoms with Gasteiger partial charge in [0.25, 0.3) is 0 Å². The van der Waals surface area contributed by atoms with Crippen LogP contribution in [0, 0.1) is 5.82 Å². The van der Waals surface area contributed by atoms with E-state index in [-0.39, 0.29) is 12.2 Å². The third-order valence-electron chi connectivity index (χ3n) is 5.98. The van der Waals surface area contributed by atoms with Gasteiger partial charge in [-0.1, -0.05) is 54.9 Å². The van der Waals surface area contributed by atoms with Gasteiger partial charge in [-0.3, -0.25) is 4.40 Å². The molecule has 0 aliphatic carbocycles. The van der Waals surface area contributed by atoms with Gasteiger partial charge in [-0.25, -0.2) is 9.37 Å². The molecule has 0 unspecified atom stereocenters. The van der Waals surface area contributed by atoms with Crippen LogP contribution in [-0.4, -0.2) is 19.6 Å². The zero-order chi connectivity index (χ0) is 25.4. The van der Waals surface area contributed by atoms with Crippen molar-refractivity contribution in [2.45, 2.75) is 25.9 Å². The van der Waals surface area contributed by atoms with E-state index in [1.807, 2.05) is 18.2 Å². The Balaban J connectivity index is 1.65.